The van der Waals surface area contributed by atoms with Gasteiger partial charge in [0.15, 0.2) is 0 Å². The van der Waals surface area contributed by atoms with Gasteiger partial charge in [0, 0.05) is 31.6 Å². The number of hydrogen-bond acceptors (Lipinski definition) is 5. The first-order valence-electron chi connectivity index (χ1n) is 11.2. The van der Waals surface area contributed by atoms with E-state index >= 15 is 0 Å². The van der Waals surface area contributed by atoms with Gasteiger partial charge < -0.3 is 5.32 Å². The zero-order chi connectivity index (χ0) is 23.0. The Bertz CT molecular complexity index is 1090. The summed E-state index contributed by atoms with van der Waals surface area (Å²) in [6, 6.07) is 7.13. The SMILES string of the molecule is FCCCN1CC(Nc2ccc(C3c4ccc5[nH]ncc5c4CCN3CC(F)(F)F)nc2)C1. The van der Waals surface area contributed by atoms with Gasteiger partial charge in [-0.25, -0.2) is 0 Å². The molecule has 4 heterocycles. The summed E-state index contributed by atoms with van der Waals surface area (Å²) in [6.45, 7) is 1.45. The van der Waals surface area contributed by atoms with Crippen LogP contribution in [0, 0.1) is 0 Å². The van der Waals surface area contributed by atoms with E-state index in [1.54, 1.807) is 12.4 Å². The fourth-order valence-corrected chi connectivity index (χ4v) is 4.97. The second-order valence-corrected chi connectivity index (χ2v) is 8.82. The molecule has 2 N–H and O–H groups in total. The van der Waals surface area contributed by atoms with Crippen molar-refractivity contribution >= 4 is 16.6 Å². The molecular weight excluding hydrogens is 436 g/mol. The molecule has 1 fully saturated rings. The molecule has 5 rings (SSSR count). The minimum Gasteiger partial charge on any atom is -0.378 e. The summed E-state index contributed by atoms with van der Waals surface area (Å²) in [5.74, 6) is 0. The highest BCUT2D eigenvalue weighted by Crippen LogP contribution is 2.39. The molecule has 2 aliphatic rings. The molecule has 3 aromatic rings. The van der Waals surface area contributed by atoms with Crippen molar-refractivity contribution in [2.75, 3.05) is 44.7 Å². The van der Waals surface area contributed by atoms with Gasteiger partial charge in [0.25, 0.3) is 0 Å². The van der Waals surface area contributed by atoms with E-state index in [0.717, 1.165) is 47.4 Å². The maximum absolute atomic E-state index is 13.4. The van der Waals surface area contributed by atoms with Gasteiger partial charge in [-0.2, -0.15) is 18.3 Å². The number of benzene rings is 1. The standard InChI is InChI=1S/C23H26F4N6/c24-7-1-8-32-12-16(13-32)30-15-2-4-21(28-10-15)22-18-3-5-20-19(11-29-31-20)17(18)6-9-33(22)14-23(25,26)27/h2-5,10-11,16,22,30H,1,6-9,12-14H2,(H,29,31). The largest absolute Gasteiger partial charge is 0.401 e. The number of fused-ring (bicyclic) bond motifs is 3. The van der Waals surface area contributed by atoms with E-state index in [4.69, 9.17) is 0 Å². The van der Waals surface area contributed by atoms with Gasteiger partial charge in [-0.15, -0.1) is 0 Å². The van der Waals surface area contributed by atoms with Crippen LogP contribution in [0.1, 0.15) is 29.3 Å². The lowest BCUT2D eigenvalue weighted by Crippen LogP contribution is -2.54. The summed E-state index contributed by atoms with van der Waals surface area (Å²) in [5, 5.41) is 11.4. The van der Waals surface area contributed by atoms with E-state index in [-0.39, 0.29) is 12.7 Å². The fourth-order valence-electron chi connectivity index (χ4n) is 4.97. The van der Waals surface area contributed by atoms with Gasteiger partial charge in [0.1, 0.15) is 0 Å². The maximum Gasteiger partial charge on any atom is 0.401 e. The number of nitrogens with zero attached hydrogens (tertiary/aromatic N) is 4. The Balaban J connectivity index is 1.37. The van der Waals surface area contributed by atoms with Crippen LogP contribution in [0.3, 0.4) is 0 Å². The van der Waals surface area contributed by atoms with Gasteiger partial charge in [0.05, 0.1) is 54.6 Å². The molecule has 0 bridgehead atoms. The lowest BCUT2D eigenvalue weighted by molar-refractivity contribution is -0.150. The van der Waals surface area contributed by atoms with Crippen molar-refractivity contribution in [2.45, 2.75) is 31.1 Å². The van der Waals surface area contributed by atoms with E-state index in [2.05, 4.69) is 25.4 Å². The molecule has 10 heteroatoms. The van der Waals surface area contributed by atoms with Gasteiger partial charge in [0.2, 0.25) is 0 Å². The summed E-state index contributed by atoms with van der Waals surface area (Å²) in [7, 11) is 0. The number of rotatable bonds is 7. The summed E-state index contributed by atoms with van der Waals surface area (Å²) < 4.78 is 52.4. The minimum absolute atomic E-state index is 0.267. The van der Waals surface area contributed by atoms with Crippen LogP contribution in [-0.4, -0.2) is 76.6 Å². The first kappa shape index (κ1) is 22.1. The Labute approximate surface area is 189 Å². The van der Waals surface area contributed by atoms with E-state index in [0.29, 0.717) is 25.1 Å². The first-order chi connectivity index (χ1) is 15.9. The Morgan fingerprint density at radius 3 is 2.70 bits per heavy atom. The van der Waals surface area contributed by atoms with Crippen LogP contribution in [-0.2, 0) is 6.42 Å². The Morgan fingerprint density at radius 2 is 1.97 bits per heavy atom. The number of likely N-dealkylation sites (tertiary alicyclic amines) is 1. The molecule has 1 atom stereocenters. The highest BCUT2D eigenvalue weighted by Gasteiger charge is 2.38. The van der Waals surface area contributed by atoms with Crippen LogP contribution in [0.5, 0.6) is 0 Å². The zero-order valence-corrected chi connectivity index (χ0v) is 18.1. The van der Waals surface area contributed by atoms with E-state index < -0.39 is 18.8 Å². The maximum atomic E-state index is 13.4. The fraction of sp³-hybridized carbons (Fsp3) is 0.478. The summed E-state index contributed by atoms with van der Waals surface area (Å²) in [6.07, 6.45) is 0.205. The smallest absolute Gasteiger partial charge is 0.378 e. The predicted molar refractivity (Wildman–Crippen MR) is 118 cm³/mol. The average Bonchev–Trinajstić information content (AvgIpc) is 3.24. The van der Waals surface area contributed by atoms with Crippen molar-refractivity contribution in [3.8, 4) is 0 Å². The van der Waals surface area contributed by atoms with Gasteiger partial charge in [-0.05, 0) is 42.2 Å². The normalized spacial score (nSPS) is 20.1. The third-order valence-electron chi connectivity index (χ3n) is 6.47. The molecule has 1 unspecified atom stereocenters. The van der Waals surface area contributed by atoms with E-state index in [1.807, 2.05) is 24.3 Å². The summed E-state index contributed by atoms with van der Waals surface area (Å²) >= 11 is 0. The molecule has 0 saturated carbocycles. The number of anilines is 1. The first-order valence-corrected chi connectivity index (χ1v) is 11.2. The van der Waals surface area contributed by atoms with Crippen molar-refractivity contribution in [1.29, 1.82) is 0 Å². The number of aromatic amines is 1. The summed E-state index contributed by atoms with van der Waals surface area (Å²) in [5.41, 5.74) is 4.17. The second kappa shape index (κ2) is 8.90. The van der Waals surface area contributed by atoms with Crippen molar-refractivity contribution in [3.05, 3.63) is 53.5 Å². The molecule has 2 aromatic heterocycles. The van der Waals surface area contributed by atoms with E-state index in [9.17, 15) is 17.6 Å². The highest BCUT2D eigenvalue weighted by molar-refractivity contribution is 5.83. The number of aromatic nitrogens is 3. The van der Waals surface area contributed by atoms with Crippen molar-refractivity contribution < 1.29 is 17.6 Å². The van der Waals surface area contributed by atoms with Crippen LogP contribution in [0.25, 0.3) is 10.9 Å². The lowest BCUT2D eigenvalue weighted by atomic mass is 9.88. The monoisotopic (exact) mass is 462 g/mol. The zero-order valence-electron chi connectivity index (χ0n) is 18.1. The van der Waals surface area contributed by atoms with Gasteiger partial charge in [-0.3, -0.25) is 24.3 Å². The topological polar surface area (TPSA) is 60.1 Å². The molecule has 0 spiro atoms. The number of halogens is 4. The quantitative estimate of drug-likeness (QED) is 0.522. The number of pyridine rings is 1. The molecule has 0 aliphatic carbocycles. The molecule has 1 saturated heterocycles. The van der Waals surface area contributed by atoms with Crippen molar-refractivity contribution in [1.82, 2.24) is 25.0 Å². The van der Waals surface area contributed by atoms with Crippen LogP contribution >= 0.6 is 0 Å². The average molecular weight is 462 g/mol. The molecule has 1 aromatic carbocycles. The molecular formula is C23H26F4N6. The van der Waals surface area contributed by atoms with Gasteiger partial charge >= 0.3 is 6.18 Å². The molecule has 33 heavy (non-hydrogen) atoms. The van der Waals surface area contributed by atoms with Gasteiger partial charge in [-0.1, -0.05) is 6.07 Å². The van der Waals surface area contributed by atoms with Crippen LogP contribution in [0.4, 0.5) is 23.2 Å². The molecule has 176 valence electrons. The van der Waals surface area contributed by atoms with Crippen LogP contribution < -0.4 is 5.32 Å². The Morgan fingerprint density at radius 1 is 1.12 bits per heavy atom. The molecule has 0 amide bonds. The van der Waals surface area contributed by atoms with E-state index in [1.165, 1.54) is 4.90 Å². The number of nitrogens with one attached hydrogen (secondary N) is 2. The Kier molecular flexibility index (Phi) is 5.96. The predicted octanol–water partition coefficient (Wildman–Crippen LogP) is 3.92. The lowest BCUT2D eigenvalue weighted by Gasteiger charge is -2.40. The number of H-pyrrole nitrogens is 1. The molecule has 0 radical (unpaired) electrons. The number of hydrogen-bond donors (Lipinski definition) is 2. The third kappa shape index (κ3) is 4.67. The molecule has 6 nitrogen and oxygen atoms in total. The second-order valence-electron chi connectivity index (χ2n) is 8.82. The molecule has 2 aliphatic heterocycles. The number of alkyl halides is 4. The summed E-state index contributed by atoms with van der Waals surface area (Å²) in [4.78, 5) is 8.21. The minimum atomic E-state index is -4.30. The third-order valence-corrected chi connectivity index (χ3v) is 6.47. The Hall–Kier alpha value is -2.72. The van der Waals surface area contributed by atoms with Crippen LogP contribution in [0.2, 0.25) is 0 Å². The van der Waals surface area contributed by atoms with Crippen molar-refractivity contribution in [3.63, 3.8) is 0 Å². The van der Waals surface area contributed by atoms with Crippen molar-refractivity contribution in [2.24, 2.45) is 0 Å². The highest BCUT2D eigenvalue weighted by atomic mass is 19.4. The van der Waals surface area contributed by atoms with Crippen LogP contribution in [0.15, 0.2) is 36.7 Å².